The van der Waals surface area contributed by atoms with E-state index in [-0.39, 0.29) is 30.4 Å². The molecular formula is C36H38N6O6. The minimum atomic E-state index is -0.687. The van der Waals surface area contributed by atoms with Gasteiger partial charge < -0.3 is 19.9 Å². The highest BCUT2D eigenvalue weighted by Crippen LogP contribution is 2.42. The van der Waals surface area contributed by atoms with Gasteiger partial charge in [-0.15, -0.1) is 0 Å². The zero-order chi connectivity index (χ0) is 33.4. The van der Waals surface area contributed by atoms with Gasteiger partial charge in [0.1, 0.15) is 18.2 Å². The quantitative estimate of drug-likeness (QED) is 0.385. The number of carbonyl (C=O) groups is 5. The van der Waals surface area contributed by atoms with Gasteiger partial charge in [-0.05, 0) is 43.0 Å². The maximum atomic E-state index is 14.5. The molecule has 4 atom stereocenters. The molecule has 1 aliphatic carbocycles. The molecule has 3 aliphatic heterocycles. The number of hydrogen-bond donors (Lipinski definition) is 1. The molecule has 1 aromatic heterocycles. The third kappa shape index (κ3) is 5.69. The minimum Gasteiger partial charge on any atom is -0.488 e. The number of nitrogens with one attached hydrogen (secondary N) is 1. The molecule has 48 heavy (non-hydrogen) atoms. The Hall–Kier alpha value is -5.13. The second kappa shape index (κ2) is 13.2. The Balaban J connectivity index is 1.21. The Morgan fingerprint density at radius 3 is 2.31 bits per heavy atom. The van der Waals surface area contributed by atoms with Gasteiger partial charge in [-0.25, -0.2) is 9.97 Å². The zero-order valence-corrected chi connectivity index (χ0v) is 26.8. The van der Waals surface area contributed by atoms with E-state index in [0.29, 0.717) is 67.8 Å². The van der Waals surface area contributed by atoms with Crippen LogP contribution in [0, 0.1) is 11.8 Å². The number of aromatic nitrogens is 2. The Labute approximate surface area is 278 Å². The normalized spacial score (nSPS) is 23.5. The third-order valence-electron chi connectivity index (χ3n) is 10.2. The van der Waals surface area contributed by atoms with Crippen LogP contribution in [0.1, 0.15) is 80.3 Å². The molecule has 2 fully saturated rings. The monoisotopic (exact) mass is 650 g/mol. The molecule has 1 saturated heterocycles. The number of nitrogens with zero attached hydrogens (tertiary/aromatic N) is 5. The molecule has 2 unspecified atom stereocenters. The summed E-state index contributed by atoms with van der Waals surface area (Å²) in [5, 5.41) is 2.74. The number of ether oxygens (including phenoxy) is 1. The van der Waals surface area contributed by atoms with Crippen LogP contribution in [0.15, 0.2) is 61.2 Å². The maximum absolute atomic E-state index is 14.5. The van der Waals surface area contributed by atoms with Crippen LogP contribution in [0.4, 0.5) is 0 Å². The summed E-state index contributed by atoms with van der Waals surface area (Å²) in [5.74, 6) is -1.65. The number of rotatable bonds is 7. The van der Waals surface area contributed by atoms with E-state index in [1.165, 1.54) is 23.6 Å². The SMILES string of the molecule is CNC(=O)[C@@H]1CCCCC1C(=O)N1CCc2cccc(OC3CCN(C(=O)c4cncnc4)C3)c2[C@H]1CN1C(=O)c2ccccc2C1=O. The largest absolute Gasteiger partial charge is 0.488 e. The summed E-state index contributed by atoms with van der Waals surface area (Å²) in [4.78, 5) is 80.4. The summed E-state index contributed by atoms with van der Waals surface area (Å²) in [6.07, 6.45) is 8.15. The summed E-state index contributed by atoms with van der Waals surface area (Å²) in [7, 11) is 1.59. The fourth-order valence-electron chi connectivity index (χ4n) is 7.79. The van der Waals surface area contributed by atoms with Crippen molar-refractivity contribution in [3.8, 4) is 5.75 Å². The van der Waals surface area contributed by atoms with Crippen molar-refractivity contribution in [2.45, 2.75) is 50.7 Å². The van der Waals surface area contributed by atoms with Crippen LogP contribution in [-0.2, 0) is 16.0 Å². The Morgan fingerprint density at radius 1 is 0.896 bits per heavy atom. The summed E-state index contributed by atoms with van der Waals surface area (Å²) >= 11 is 0. The van der Waals surface area contributed by atoms with Gasteiger partial charge in [0.15, 0.2) is 0 Å². The molecule has 4 heterocycles. The molecule has 1 N–H and O–H groups in total. The predicted octanol–water partition coefficient (Wildman–Crippen LogP) is 3.04. The lowest BCUT2D eigenvalue weighted by molar-refractivity contribution is -0.146. The second-order valence-electron chi connectivity index (χ2n) is 12.9. The Morgan fingerprint density at radius 2 is 1.60 bits per heavy atom. The smallest absolute Gasteiger partial charge is 0.261 e. The highest BCUT2D eigenvalue weighted by molar-refractivity contribution is 6.21. The molecule has 0 bridgehead atoms. The molecule has 12 nitrogen and oxygen atoms in total. The van der Waals surface area contributed by atoms with Crippen molar-refractivity contribution in [3.05, 3.63) is 89.0 Å². The van der Waals surface area contributed by atoms with Gasteiger partial charge in [0, 0.05) is 56.4 Å². The molecule has 0 radical (unpaired) electrons. The number of hydrogen-bond acceptors (Lipinski definition) is 8. The summed E-state index contributed by atoms with van der Waals surface area (Å²) in [6, 6.07) is 11.8. The van der Waals surface area contributed by atoms with Crippen LogP contribution in [0.5, 0.6) is 5.75 Å². The van der Waals surface area contributed by atoms with Crippen LogP contribution < -0.4 is 10.1 Å². The Kier molecular flexibility index (Phi) is 8.63. The van der Waals surface area contributed by atoms with Crippen LogP contribution >= 0.6 is 0 Å². The van der Waals surface area contributed by atoms with E-state index in [2.05, 4.69) is 15.3 Å². The number of carbonyl (C=O) groups excluding carboxylic acids is 5. The van der Waals surface area contributed by atoms with Crippen molar-refractivity contribution < 1.29 is 28.7 Å². The van der Waals surface area contributed by atoms with Crippen molar-refractivity contribution in [1.29, 1.82) is 0 Å². The maximum Gasteiger partial charge on any atom is 0.261 e. The standard InChI is InChI=1S/C36H38N6O6/c1-37-32(43)25-8-2-3-9-26(25)34(45)41-16-13-22-7-6-12-30(48-24-14-15-40(19-24)33(44)23-17-38-21-39-18-23)31(22)29(41)20-42-35(46)27-10-4-5-11-28(27)36(42)47/h4-7,10-12,17-18,21,24-26,29H,2-3,8-9,13-16,19-20H2,1H3,(H,37,43)/t24?,25-,26?,29-/m1/s1. The van der Waals surface area contributed by atoms with Crippen molar-refractivity contribution in [2.75, 3.05) is 33.2 Å². The molecule has 2 aromatic carbocycles. The lowest BCUT2D eigenvalue weighted by Gasteiger charge is -2.43. The van der Waals surface area contributed by atoms with Gasteiger partial charge in [0.05, 0.1) is 35.8 Å². The van der Waals surface area contributed by atoms with Gasteiger partial charge in [-0.3, -0.25) is 28.9 Å². The number of fused-ring (bicyclic) bond motifs is 2. The number of imide groups is 1. The van der Waals surface area contributed by atoms with E-state index < -0.39 is 29.7 Å². The summed E-state index contributed by atoms with van der Waals surface area (Å²) in [5.41, 5.74) is 2.81. The first-order valence-electron chi connectivity index (χ1n) is 16.7. The van der Waals surface area contributed by atoms with E-state index >= 15 is 0 Å². The topological polar surface area (TPSA) is 142 Å². The molecule has 7 rings (SSSR count). The zero-order valence-electron chi connectivity index (χ0n) is 26.8. The average molecular weight is 651 g/mol. The van der Waals surface area contributed by atoms with Gasteiger partial charge >= 0.3 is 0 Å². The van der Waals surface area contributed by atoms with Gasteiger partial charge in [-0.1, -0.05) is 37.1 Å². The molecule has 5 amide bonds. The number of benzene rings is 2. The van der Waals surface area contributed by atoms with Crippen molar-refractivity contribution >= 4 is 29.5 Å². The molecule has 3 aromatic rings. The fraction of sp³-hybridized carbons (Fsp3) is 0.417. The fourth-order valence-corrected chi connectivity index (χ4v) is 7.79. The van der Waals surface area contributed by atoms with Crippen LogP contribution in [-0.4, -0.2) is 93.5 Å². The lowest BCUT2D eigenvalue weighted by atomic mass is 9.77. The van der Waals surface area contributed by atoms with E-state index in [4.69, 9.17) is 4.74 Å². The molecular weight excluding hydrogens is 612 g/mol. The molecule has 12 heteroatoms. The van der Waals surface area contributed by atoms with E-state index in [1.54, 1.807) is 41.1 Å². The highest BCUT2D eigenvalue weighted by Gasteiger charge is 2.45. The highest BCUT2D eigenvalue weighted by atomic mass is 16.5. The van der Waals surface area contributed by atoms with Gasteiger partial charge in [0.2, 0.25) is 11.8 Å². The molecule has 4 aliphatic rings. The van der Waals surface area contributed by atoms with Crippen LogP contribution in [0.3, 0.4) is 0 Å². The average Bonchev–Trinajstić information content (AvgIpc) is 3.69. The van der Waals surface area contributed by atoms with Crippen molar-refractivity contribution in [2.24, 2.45) is 11.8 Å². The number of likely N-dealkylation sites (tertiary alicyclic amines) is 1. The summed E-state index contributed by atoms with van der Waals surface area (Å²) < 4.78 is 6.63. The van der Waals surface area contributed by atoms with Gasteiger partial charge in [-0.2, -0.15) is 0 Å². The minimum absolute atomic E-state index is 0.0495. The second-order valence-corrected chi connectivity index (χ2v) is 12.9. The van der Waals surface area contributed by atoms with Crippen LogP contribution in [0.25, 0.3) is 0 Å². The molecule has 0 spiro atoms. The first-order chi connectivity index (χ1) is 23.4. The lowest BCUT2D eigenvalue weighted by Crippen LogP contribution is -2.51. The van der Waals surface area contributed by atoms with Crippen LogP contribution in [0.2, 0.25) is 0 Å². The first kappa shape index (κ1) is 31.5. The first-order valence-corrected chi connectivity index (χ1v) is 16.7. The third-order valence-corrected chi connectivity index (χ3v) is 10.2. The van der Waals surface area contributed by atoms with Gasteiger partial charge in [0.25, 0.3) is 17.7 Å². The van der Waals surface area contributed by atoms with E-state index in [9.17, 15) is 24.0 Å². The number of amides is 5. The van der Waals surface area contributed by atoms with Crippen molar-refractivity contribution in [1.82, 2.24) is 30.0 Å². The Bertz CT molecular complexity index is 1730. The predicted molar refractivity (Wildman–Crippen MR) is 173 cm³/mol. The summed E-state index contributed by atoms with van der Waals surface area (Å²) in [6.45, 7) is 1.19. The van der Waals surface area contributed by atoms with Crippen molar-refractivity contribution in [3.63, 3.8) is 0 Å². The van der Waals surface area contributed by atoms with E-state index in [0.717, 1.165) is 24.0 Å². The van der Waals surface area contributed by atoms with E-state index in [1.807, 2.05) is 18.2 Å². The molecule has 1 saturated carbocycles. The molecule has 248 valence electrons.